The summed E-state index contributed by atoms with van der Waals surface area (Å²) in [6.45, 7) is 2.30. The maximum atomic E-state index is 2.30. The van der Waals surface area contributed by atoms with Gasteiger partial charge in [0.2, 0.25) is 0 Å². The number of rotatable bonds is 16. The zero-order valence-corrected chi connectivity index (χ0v) is 16.0. The quantitative estimate of drug-likeness (QED) is 0.210. The van der Waals surface area contributed by atoms with Gasteiger partial charge in [0.05, 0.1) is 0 Å². The standard InChI is InChI=1S/C18H37.Ga.2H/c1-3-5-7-9-11-13-15-17-18-16-14-12-10-8-6-4-2;;;/h1,3-18H2,2H3;;;/q;+2;2*-1. The molecule has 19 heavy (non-hydrogen) atoms. The van der Waals surface area contributed by atoms with Gasteiger partial charge in [0.1, 0.15) is 0 Å². The zero-order valence-electron chi connectivity index (χ0n) is 15.6. The van der Waals surface area contributed by atoms with Crippen molar-refractivity contribution in [1.29, 1.82) is 0 Å². The molecule has 0 spiro atoms. The summed E-state index contributed by atoms with van der Waals surface area (Å²) in [6, 6.07) is 0. The predicted octanol–water partition coefficient (Wildman–Crippen LogP) is 7.06. The third kappa shape index (κ3) is 18.6. The first-order valence-electron chi connectivity index (χ1n) is 9.12. The molecule has 0 aromatic heterocycles. The third-order valence-corrected chi connectivity index (χ3v) is 4.91. The summed E-state index contributed by atoms with van der Waals surface area (Å²) in [5, 5.41) is 0. The van der Waals surface area contributed by atoms with Crippen LogP contribution < -0.4 is 0 Å². The molecular weight excluding hydrogens is 286 g/mol. The van der Waals surface area contributed by atoms with Crippen molar-refractivity contribution in [2.24, 2.45) is 0 Å². The molecule has 0 atom stereocenters. The first-order valence-corrected chi connectivity index (χ1v) is 10.8. The van der Waals surface area contributed by atoms with Crippen LogP contribution in [0.15, 0.2) is 0 Å². The Morgan fingerprint density at radius 3 is 1.00 bits per heavy atom. The van der Waals surface area contributed by atoms with Gasteiger partial charge >= 0.3 is 94.2 Å². The van der Waals surface area contributed by atoms with Gasteiger partial charge in [-0.2, -0.15) is 0 Å². The van der Waals surface area contributed by atoms with E-state index in [9.17, 15) is 0 Å². The molecule has 0 N–H and O–H groups in total. The molecular formula is C18H39Ga. The first-order chi connectivity index (χ1) is 9.41. The van der Waals surface area contributed by atoms with Gasteiger partial charge in [0.25, 0.3) is 0 Å². The summed E-state index contributed by atoms with van der Waals surface area (Å²) in [5.74, 6) is 0. The molecule has 0 unspecified atom stereocenters. The molecule has 0 rings (SSSR count). The Labute approximate surface area is 136 Å². The van der Waals surface area contributed by atoms with Crippen molar-refractivity contribution in [3.8, 4) is 0 Å². The summed E-state index contributed by atoms with van der Waals surface area (Å²) < 4.78 is 0. The number of hydrogen-bond acceptors (Lipinski definition) is 0. The van der Waals surface area contributed by atoms with Gasteiger partial charge in [0, 0.05) is 0 Å². The second kappa shape index (κ2) is 18.6. The Morgan fingerprint density at radius 2 is 0.737 bits per heavy atom. The molecule has 0 aromatic rings. The van der Waals surface area contributed by atoms with E-state index in [1.54, 1.807) is 0 Å². The van der Waals surface area contributed by atoms with Crippen molar-refractivity contribution in [1.82, 2.24) is 0 Å². The minimum Gasteiger partial charge on any atom is -1.00 e. The fourth-order valence-corrected chi connectivity index (χ4v) is 3.30. The second-order valence-corrected chi connectivity index (χ2v) is 7.30. The van der Waals surface area contributed by atoms with Crippen LogP contribution in [0.3, 0.4) is 0 Å². The second-order valence-electron chi connectivity index (χ2n) is 6.09. The molecule has 1 heteroatoms. The Kier molecular flexibility index (Phi) is 19.3. The number of unbranched alkanes of at least 4 members (excludes halogenated alkanes) is 15. The third-order valence-electron chi connectivity index (χ3n) is 4.06. The van der Waals surface area contributed by atoms with Gasteiger partial charge in [-0.25, -0.2) is 0 Å². The summed E-state index contributed by atoms with van der Waals surface area (Å²) in [6.07, 6.45) is 23.6. The van der Waals surface area contributed by atoms with Crippen molar-refractivity contribution in [3.63, 3.8) is 0 Å². The zero-order chi connectivity index (χ0) is 14.0. The SMILES string of the molecule is CCCCCCCCCCCCCCCCC[CH2][Ga+2].[H-].[H-]. The number of hydrogen-bond donors (Lipinski definition) is 0. The summed E-state index contributed by atoms with van der Waals surface area (Å²) >= 11 is 1.90. The van der Waals surface area contributed by atoms with E-state index >= 15 is 0 Å². The van der Waals surface area contributed by atoms with Crippen LogP contribution in [0.4, 0.5) is 0 Å². The monoisotopic (exact) mass is 324 g/mol. The van der Waals surface area contributed by atoms with Crippen LogP contribution in [-0.4, -0.2) is 18.6 Å². The average molecular weight is 325 g/mol. The Morgan fingerprint density at radius 1 is 0.474 bits per heavy atom. The van der Waals surface area contributed by atoms with E-state index in [2.05, 4.69) is 6.92 Å². The topological polar surface area (TPSA) is 0 Å². The molecule has 0 aliphatic heterocycles. The van der Waals surface area contributed by atoms with Crippen LogP contribution in [-0.2, 0) is 0 Å². The molecule has 0 nitrogen and oxygen atoms in total. The van der Waals surface area contributed by atoms with Crippen molar-refractivity contribution < 1.29 is 2.85 Å². The van der Waals surface area contributed by atoms with Crippen LogP contribution in [0.2, 0.25) is 4.98 Å². The van der Waals surface area contributed by atoms with Gasteiger partial charge in [0.15, 0.2) is 0 Å². The van der Waals surface area contributed by atoms with E-state index in [1.165, 1.54) is 108 Å². The molecule has 0 amide bonds. The normalized spacial score (nSPS) is 11.1. The van der Waals surface area contributed by atoms with Gasteiger partial charge in [-0.15, -0.1) is 0 Å². The van der Waals surface area contributed by atoms with Crippen LogP contribution in [0, 0.1) is 0 Å². The van der Waals surface area contributed by atoms with E-state index in [0.29, 0.717) is 0 Å². The van der Waals surface area contributed by atoms with Crippen LogP contribution in [0.1, 0.15) is 113 Å². The van der Waals surface area contributed by atoms with Gasteiger partial charge in [-0.1, -0.05) is 39.0 Å². The summed E-state index contributed by atoms with van der Waals surface area (Å²) in [4.78, 5) is 1.44. The maximum absolute atomic E-state index is 2.30. The molecule has 114 valence electrons. The fraction of sp³-hybridized carbons (Fsp3) is 1.00. The maximum Gasteiger partial charge on any atom is -1.00 e. The molecule has 0 heterocycles. The first kappa shape index (κ1) is 19.6. The van der Waals surface area contributed by atoms with Crippen molar-refractivity contribution in [2.75, 3.05) is 0 Å². The van der Waals surface area contributed by atoms with Crippen molar-refractivity contribution >= 4 is 18.6 Å². The van der Waals surface area contributed by atoms with Gasteiger partial charge in [-0.3, -0.25) is 0 Å². The summed E-state index contributed by atoms with van der Waals surface area (Å²) in [7, 11) is 0. The van der Waals surface area contributed by atoms with Crippen molar-refractivity contribution in [2.45, 2.75) is 115 Å². The minimum absolute atomic E-state index is 0. The van der Waals surface area contributed by atoms with E-state index in [1.807, 2.05) is 18.6 Å². The average Bonchev–Trinajstić information content (AvgIpc) is 2.43. The Hall–Kier alpha value is 0.636. The van der Waals surface area contributed by atoms with Gasteiger partial charge < -0.3 is 2.85 Å². The van der Waals surface area contributed by atoms with Crippen LogP contribution >= 0.6 is 0 Å². The van der Waals surface area contributed by atoms with E-state index < -0.39 is 0 Å². The molecule has 0 aliphatic rings. The van der Waals surface area contributed by atoms with Gasteiger partial charge in [-0.05, 0) is 0 Å². The molecule has 0 saturated heterocycles. The molecule has 0 saturated carbocycles. The molecule has 0 aromatic carbocycles. The van der Waals surface area contributed by atoms with Crippen LogP contribution in [0.25, 0.3) is 0 Å². The Bertz CT molecular complexity index is 138. The molecule has 0 bridgehead atoms. The van der Waals surface area contributed by atoms with E-state index in [0.717, 1.165) is 0 Å². The minimum atomic E-state index is 0. The van der Waals surface area contributed by atoms with E-state index in [4.69, 9.17) is 0 Å². The largest absolute Gasteiger partial charge is 1.00 e. The molecule has 0 radical (unpaired) electrons. The Balaban J connectivity index is -0.00000162. The smallest absolute Gasteiger partial charge is 1.00 e. The summed E-state index contributed by atoms with van der Waals surface area (Å²) in [5.41, 5.74) is 0. The van der Waals surface area contributed by atoms with E-state index in [-0.39, 0.29) is 2.85 Å². The van der Waals surface area contributed by atoms with Crippen molar-refractivity contribution in [3.05, 3.63) is 0 Å². The predicted molar refractivity (Wildman–Crippen MR) is 92.3 cm³/mol. The molecule has 0 fully saturated rings. The molecule has 0 aliphatic carbocycles. The van der Waals surface area contributed by atoms with Crippen LogP contribution in [0.5, 0.6) is 0 Å². The fourth-order valence-electron chi connectivity index (χ4n) is 2.69.